The number of aromatic nitrogens is 3. The van der Waals surface area contributed by atoms with Crippen LogP contribution in [0.4, 0.5) is 0 Å². The normalized spacial score (nSPS) is 27.2. The standard InChI is InChI=1S/C22H22ClN5O4/c1-28-7-6-24-21(28)12-4-2-11(3-5-12)17-13(23)8-14-20(26-17)27-22(25-14)32-16-10-31-18-15(29)9-30-19(16)18/h2-5,8,15-16,18-19,29H,6-7,9-10H2,1H3,(H,25,26,27). The molecule has 3 aliphatic rings. The first-order chi connectivity index (χ1) is 15.6. The molecule has 2 saturated heterocycles. The number of nitrogens with zero attached hydrogens (tertiary/aromatic N) is 4. The molecule has 0 aliphatic carbocycles. The van der Waals surface area contributed by atoms with Gasteiger partial charge in [0.25, 0.3) is 6.01 Å². The van der Waals surface area contributed by atoms with Gasteiger partial charge in [0.05, 0.1) is 36.0 Å². The van der Waals surface area contributed by atoms with E-state index in [1.165, 1.54) is 0 Å². The predicted molar refractivity (Wildman–Crippen MR) is 118 cm³/mol. The lowest BCUT2D eigenvalue weighted by atomic mass is 10.1. The third-order valence-corrected chi connectivity index (χ3v) is 6.41. The Morgan fingerprint density at radius 1 is 1.12 bits per heavy atom. The van der Waals surface area contributed by atoms with Crippen molar-refractivity contribution in [2.45, 2.75) is 24.4 Å². The Hall–Kier alpha value is -2.72. The van der Waals surface area contributed by atoms with Gasteiger partial charge in [-0.1, -0.05) is 35.9 Å². The molecule has 32 heavy (non-hydrogen) atoms. The molecule has 9 nitrogen and oxygen atoms in total. The first kappa shape index (κ1) is 19.9. The Morgan fingerprint density at radius 3 is 2.69 bits per heavy atom. The average molecular weight is 456 g/mol. The Labute approximate surface area is 189 Å². The van der Waals surface area contributed by atoms with Gasteiger partial charge in [0, 0.05) is 24.7 Å². The highest BCUT2D eigenvalue weighted by Gasteiger charge is 2.48. The van der Waals surface area contributed by atoms with Gasteiger partial charge in [0.1, 0.15) is 24.1 Å². The Balaban J connectivity index is 1.25. The van der Waals surface area contributed by atoms with Crippen LogP contribution in [0.25, 0.3) is 22.4 Å². The number of aliphatic hydroxyl groups is 1. The van der Waals surface area contributed by atoms with Crippen molar-refractivity contribution in [2.75, 3.05) is 33.4 Å². The van der Waals surface area contributed by atoms with Crippen LogP contribution in [0.3, 0.4) is 0 Å². The Morgan fingerprint density at radius 2 is 1.91 bits per heavy atom. The number of ether oxygens (including phenoxy) is 3. The molecule has 0 saturated carbocycles. The maximum absolute atomic E-state index is 9.90. The molecule has 4 atom stereocenters. The molecule has 3 aromatic rings. The van der Waals surface area contributed by atoms with Gasteiger partial charge in [-0.05, 0) is 6.07 Å². The summed E-state index contributed by atoms with van der Waals surface area (Å²) in [6, 6.07) is 10.2. The van der Waals surface area contributed by atoms with E-state index in [0.717, 1.165) is 30.1 Å². The maximum atomic E-state index is 9.90. The number of likely N-dealkylation sites (N-methyl/N-ethyl adjacent to an activating group) is 1. The third-order valence-electron chi connectivity index (χ3n) is 6.12. The highest BCUT2D eigenvalue weighted by atomic mass is 35.5. The lowest BCUT2D eigenvalue weighted by Crippen LogP contribution is -2.34. The molecule has 2 N–H and O–H groups in total. The molecule has 4 unspecified atom stereocenters. The lowest BCUT2D eigenvalue weighted by molar-refractivity contribution is 0.00706. The lowest BCUT2D eigenvalue weighted by Gasteiger charge is -2.15. The van der Waals surface area contributed by atoms with E-state index < -0.39 is 6.10 Å². The van der Waals surface area contributed by atoms with Crippen LogP contribution >= 0.6 is 11.6 Å². The summed E-state index contributed by atoms with van der Waals surface area (Å²) in [5.74, 6) is 0.997. The number of hydrogen-bond acceptors (Lipinski definition) is 8. The highest BCUT2D eigenvalue weighted by Crippen LogP contribution is 2.32. The van der Waals surface area contributed by atoms with Crippen molar-refractivity contribution in [1.82, 2.24) is 19.9 Å². The minimum atomic E-state index is -0.625. The molecule has 6 rings (SSSR count). The number of H-pyrrole nitrogens is 1. The van der Waals surface area contributed by atoms with Gasteiger partial charge in [-0.15, -0.1) is 0 Å². The number of imidazole rings is 1. The maximum Gasteiger partial charge on any atom is 0.296 e. The SMILES string of the molecule is CN1CCN=C1c1ccc(-c2nc3nc(OC4COC5C(O)COC45)[nH]c3cc2Cl)cc1. The zero-order chi connectivity index (χ0) is 21.8. The van der Waals surface area contributed by atoms with Crippen molar-refractivity contribution in [3.63, 3.8) is 0 Å². The van der Waals surface area contributed by atoms with Crippen molar-refractivity contribution in [3.05, 3.63) is 40.9 Å². The van der Waals surface area contributed by atoms with Gasteiger partial charge in [0.2, 0.25) is 0 Å². The fraction of sp³-hybridized carbons (Fsp3) is 0.409. The van der Waals surface area contributed by atoms with E-state index in [1.807, 2.05) is 31.3 Å². The van der Waals surface area contributed by atoms with Crippen molar-refractivity contribution in [3.8, 4) is 17.3 Å². The average Bonchev–Trinajstić information content (AvgIpc) is 3.55. The molecular formula is C22H22ClN5O4. The number of fused-ring (bicyclic) bond motifs is 2. The summed E-state index contributed by atoms with van der Waals surface area (Å²) in [5.41, 5.74) is 3.80. The van der Waals surface area contributed by atoms with Crippen LogP contribution in [0.5, 0.6) is 6.01 Å². The van der Waals surface area contributed by atoms with E-state index in [2.05, 4.69) is 24.8 Å². The summed E-state index contributed by atoms with van der Waals surface area (Å²) >= 11 is 6.55. The molecule has 0 radical (unpaired) electrons. The molecule has 10 heteroatoms. The van der Waals surface area contributed by atoms with E-state index in [1.54, 1.807) is 6.07 Å². The number of benzene rings is 1. The third kappa shape index (κ3) is 3.32. The topological polar surface area (TPSA) is 105 Å². The van der Waals surface area contributed by atoms with Crippen molar-refractivity contribution in [1.29, 1.82) is 0 Å². The van der Waals surface area contributed by atoms with Crippen LogP contribution in [-0.4, -0.2) is 88.6 Å². The number of nitrogens with one attached hydrogen (secondary N) is 1. The second kappa shape index (κ2) is 7.70. The van der Waals surface area contributed by atoms with Crippen LogP contribution in [0, 0.1) is 0 Å². The van der Waals surface area contributed by atoms with Crippen LogP contribution < -0.4 is 4.74 Å². The van der Waals surface area contributed by atoms with Gasteiger partial charge in [-0.2, -0.15) is 4.98 Å². The van der Waals surface area contributed by atoms with E-state index >= 15 is 0 Å². The van der Waals surface area contributed by atoms with Crippen LogP contribution in [0.15, 0.2) is 35.3 Å². The summed E-state index contributed by atoms with van der Waals surface area (Å²) < 4.78 is 17.2. The molecule has 3 aliphatic heterocycles. The van der Waals surface area contributed by atoms with Gasteiger partial charge >= 0.3 is 0 Å². The quantitative estimate of drug-likeness (QED) is 0.618. The minimum Gasteiger partial charge on any atom is -0.456 e. The number of pyridine rings is 1. The molecule has 0 amide bonds. The van der Waals surface area contributed by atoms with E-state index in [-0.39, 0.29) is 24.9 Å². The van der Waals surface area contributed by atoms with Crippen LogP contribution in [0.1, 0.15) is 5.56 Å². The second-order valence-electron chi connectivity index (χ2n) is 8.26. The largest absolute Gasteiger partial charge is 0.456 e. The zero-order valence-electron chi connectivity index (χ0n) is 17.4. The van der Waals surface area contributed by atoms with Crippen molar-refractivity contribution >= 4 is 28.6 Å². The number of aromatic amines is 1. The minimum absolute atomic E-state index is 0.248. The summed E-state index contributed by atoms with van der Waals surface area (Å²) in [7, 11) is 2.04. The van der Waals surface area contributed by atoms with Crippen molar-refractivity contribution < 1.29 is 19.3 Å². The summed E-state index contributed by atoms with van der Waals surface area (Å²) in [5, 5.41) is 10.4. The Bertz CT molecular complexity index is 1200. The van der Waals surface area contributed by atoms with E-state index in [4.69, 9.17) is 25.8 Å². The number of rotatable bonds is 4. The monoisotopic (exact) mass is 455 g/mol. The summed E-state index contributed by atoms with van der Waals surface area (Å²) in [4.78, 5) is 19.0. The van der Waals surface area contributed by atoms with Crippen LogP contribution in [-0.2, 0) is 9.47 Å². The number of hydrogen-bond donors (Lipinski definition) is 2. The predicted octanol–water partition coefficient (Wildman–Crippen LogP) is 1.88. The zero-order valence-corrected chi connectivity index (χ0v) is 18.1. The summed E-state index contributed by atoms with van der Waals surface area (Å²) in [6.07, 6.45) is -1.65. The molecule has 1 aromatic carbocycles. The fourth-order valence-electron chi connectivity index (χ4n) is 4.46. The number of aliphatic hydroxyl groups excluding tert-OH is 1. The second-order valence-corrected chi connectivity index (χ2v) is 8.66. The fourth-order valence-corrected chi connectivity index (χ4v) is 4.72. The van der Waals surface area contributed by atoms with Crippen molar-refractivity contribution in [2.24, 2.45) is 4.99 Å². The smallest absolute Gasteiger partial charge is 0.296 e. The van der Waals surface area contributed by atoms with Gasteiger partial charge < -0.3 is 29.2 Å². The number of aliphatic imine (C=N–C) groups is 1. The van der Waals surface area contributed by atoms with Gasteiger partial charge in [-0.25, -0.2) is 4.98 Å². The molecule has 2 aromatic heterocycles. The molecule has 0 spiro atoms. The Kier molecular flexibility index (Phi) is 4.80. The van der Waals surface area contributed by atoms with Crippen LogP contribution in [0.2, 0.25) is 5.02 Å². The number of halogens is 1. The first-order valence-electron chi connectivity index (χ1n) is 10.6. The molecule has 0 bridgehead atoms. The molecular weight excluding hydrogens is 434 g/mol. The number of amidine groups is 1. The first-order valence-corrected chi connectivity index (χ1v) is 11.0. The van der Waals surface area contributed by atoms with E-state index in [9.17, 15) is 5.11 Å². The molecule has 2 fully saturated rings. The molecule has 166 valence electrons. The molecule has 5 heterocycles. The highest BCUT2D eigenvalue weighted by molar-refractivity contribution is 6.33. The van der Waals surface area contributed by atoms with E-state index in [0.29, 0.717) is 34.5 Å². The van der Waals surface area contributed by atoms with Gasteiger partial charge in [0.15, 0.2) is 11.8 Å². The summed E-state index contributed by atoms with van der Waals surface area (Å²) in [6.45, 7) is 2.34. The van der Waals surface area contributed by atoms with Gasteiger partial charge in [-0.3, -0.25) is 4.99 Å².